The van der Waals surface area contributed by atoms with Crippen LogP contribution in [0.2, 0.25) is 0 Å². The molecular formula is C17H24FN3. The van der Waals surface area contributed by atoms with E-state index in [4.69, 9.17) is 0 Å². The van der Waals surface area contributed by atoms with Crippen LogP contribution in [0.15, 0.2) is 18.2 Å². The van der Waals surface area contributed by atoms with Gasteiger partial charge in [0.05, 0.1) is 12.2 Å². The van der Waals surface area contributed by atoms with Gasteiger partial charge in [-0.2, -0.15) is 5.10 Å². The van der Waals surface area contributed by atoms with Gasteiger partial charge in [0.1, 0.15) is 5.82 Å². The number of aromatic nitrogens is 2. The second-order valence-electron chi connectivity index (χ2n) is 5.55. The highest BCUT2D eigenvalue weighted by atomic mass is 19.1. The lowest BCUT2D eigenvalue weighted by atomic mass is 10.1. The van der Waals surface area contributed by atoms with Crippen molar-refractivity contribution in [3.63, 3.8) is 0 Å². The largest absolute Gasteiger partial charge is 0.313 e. The van der Waals surface area contributed by atoms with E-state index in [0.717, 1.165) is 42.0 Å². The fraction of sp³-hybridized carbons (Fsp3) is 0.471. The summed E-state index contributed by atoms with van der Waals surface area (Å²) in [6.45, 7) is 10.7. The van der Waals surface area contributed by atoms with Crippen LogP contribution >= 0.6 is 0 Å². The predicted octanol–water partition coefficient (Wildman–Crippen LogP) is 3.50. The maximum absolute atomic E-state index is 13.4. The Morgan fingerprint density at radius 1 is 1.24 bits per heavy atom. The van der Waals surface area contributed by atoms with Crippen molar-refractivity contribution in [3.05, 3.63) is 52.1 Å². The van der Waals surface area contributed by atoms with Crippen LogP contribution in [-0.4, -0.2) is 16.3 Å². The Labute approximate surface area is 126 Å². The second-order valence-corrected chi connectivity index (χ2v) is 5.55. The van der Waals surface area contributed by atoms with Gasteiger partial charge in [-0.05, 0) is 57.0 Å². The van der Waals surface area contributed by atoms with E-state index in [1.807, 2.05) is 24.6 Å². The maximum Gasteiger partial charge on any atom is 0.123 e. The Morgan fingerprint density at radius 2 is 2.00 bits per heavy atom. The van der Waals surface area contributed by atoms with Gasteiger partial charge in [0.15, 0.2) is 0 Å². The van der Waals surface area contributed by atoms with Crippen molar-refractivity contribution in [1.29, 1.82) is 0 Å². The first-order valence-corrected chi connectivity index (χ1v) is 7.51. The molecule has 0 aliphatic heterocycles. The number of halogens is 1. The second kappa shape index (κ2) is 6.85. The Balaban J connectivity index is 2.21. The average molecular weight is 289 g/mol. The Bertz CT molecular complexity index is 617. The van der Waals surface area contributed by atoms with E-state index >= 15 is 0 Å². The molecule has 21 heavy (non-hydrogen) atoms. The summed E-state index contributed by atoms with van der Waals surface area (Å²) in [4.78, 5) is 0. The minimum absolute atomic E-state index is 0.193. The highest BCUT2D eigenvalue weighted by Gasteiger charge is 2.12. The molecule has 0 radical (unpaired) electrons. The van der Waals surface area contributed by atoms with Crippen molar-refractivity contribution >= 4 is 0 Å². The van der Waals surface area contributed by atoms with E-state index < -0.39 is 0 Å². The molecule has 1 heterocycles. The van der Waals surface area contributed by atoms with Crippen LogP contribution in [0.5, 0.6) is 0 Å². The fourth-order valence-corrected chi connectivity index (χ4v) is 2.51. The standard InChI is InChI=1S/C17H24FN3/c1-5-8-19-10-17-13(3)20-21(14(17)4)11-15-9-16(18)7-6-12(15)2/h6-7,9,19H,5,8,10-11H2,1-4H3. The SMILES string of the molecule is CCCNCc1c(C)nn(Cc2cc(F)ccc2C)c1C. The molecule has 0 unspecified atom stereocenters. The van der Waals surface area contributed by atoms with Gasteiger partial charge in [-0.1, -0.05) is 13.0 Å². The van der Waals surface area contributed by atoms with Crippen molar-refractivity contribution in [1.82, 2.24) is 15.1 Å². The van der Waals surface area contributed by atoms with Gasteiger partial charge >= 0.3 is 0 Å². The normalized spacial score (nSPS) is 11.1. The third kappa shape index (κ3) is 3.70. The molecule has 0 spiro atoms. The van der Waals surface area contributed by atoms with E-state index in [2.05, 4.69) is 24.3 Å². The van der Waals surface area contributed by atoms with Crippen molar-refractivity contribution in [2.24, 2.45) is 0 Å². The summed E-state index contributed by atoms with van der Waals surface area (Å²) >= 11 is 0. The molecule has 0 amide bonds. The summed E-state index contributed by atoms with van der Waals surface area (Å²) in [5.41, 5.74) is 5.52. The zero-order valence-electron chi connectivity index (χ0n) is 13.3. The lowest BCUT2D eigenvalue weighted by Crippen LogP contribution is -2.15. The monoisotopic (exact) mass is 289 g/mol. The number of nitrogens with one attached hydrogen (secondary N) is 1. The van der Waals surface area contributed by atoms with Gasteiger partial charge in [0, 0.05) is 17.8 Å². The third-order valence-electron chi connectivity index (χ3n) is 3.89. The first-order valence-electron chi connectivity index (χ1n) is 7.51. The molecule has 2 aromatic rings. The first-order chi connectivity index (χ1) is 10.0. The maximum atomic E-state index is 13.4. The number of benzene rings is 1. The molecule has 0 fully saturated rings. The van der Waals surface area contributed by atoms with Gasteiger partial charge in [-0.25, -0.2) is 4.39 Å². The Kier molecular flexibility index (Phi) is 5.12. The fourth-order valence-electron chi connectivity index (χ4n) is 2.51. The van der Waals surface area contributed by atoms with Crippen LogP contribution in [-0.2, 0) is 13.1 Å². The molecule has 1 aromatic heterocycles. The zero-order chi connectivity index (χ0) is 15.4. The van der Waals surface area contributed by atoms with Crippen LogP contribution in [0.3, 0.4) is 0 Å². The first kappa shape index (κ1) is 15.7. The number of aryl methyl sites for hydroxylation is 2. The lowest BCUT2D eigenvalue weighted by Gasteiger charge is -2.09. The minimum atomic E-state index is -0.193. The van der Waals surface area contributed by atoms with Crippen LogP contribution in [0.25, 0.3) is 0 Å². The smallest absolute Gasteiger partial charge is 0.123 e. The highest BCUT2D eigenvalue weighted by molar-refractivity contribution is 5.29. The summed E-state index contributed by atoms with van der Waals surface area (Å²) in [6.07, 6.45) is 1.12. The lowest BCUT2D eigenvalue weighted by molar-refractivity contribution is 0.613. The molecular weight excluding hydrogens is 265 g/mol. The van der Waals surface area contributed by atoms with Gasteiger partial charge in [0.25, 0.3) is 0 Å². The molecule has 1 N–H and O–H groups in total. The number of hydrogen-bond acceptors (Lipinski definition) is 2. The summed E-state index contributed by atoms with van der Waals surface area (Å²) < 4.78 is 15.4. The summed E-state index contributed by atoms with van der Waals surface area (Å²) in [7, 11) is 0. The van der Waals surface area contributed by atoms with E-state index in [-0.39, 0.29) is 5.82 Å². The number of hydrogen-bond donors (Lipinski definition) is 1. The summed E-state index contributed by atoms with van der Waals surface area (Å²) in [6, 6.07) is 4.92. The van der Waals surface area contributed by atoms with Crippen LogP contribution in [0.1, 0.15) is 41.4 Å². The van der Waals surface area contributed by atoms with Crippen LogP contribution in [0.4, 0.5) is 4.39 Å². The average Bonchev–Trinajstić information content (AvgIpc) is 2.70. The quantitative estimate of drug-likeness (QED) is 0.825. The Morgan fingerprint density at radius 3 is 2.71 bits per heavy atom. The molecule has 0 saturated carbocycles. The van der Waals surface area contributed by atoms with Crippen molar-refractivity contribution in [2.75, 3.05) is 6.54 Å². The molecule has 1 aromatic carbocycles. The summed E-state index contributed by atoms with van der Waals surface area (Å²) in [5.74, 6) is -0.193. The minimum Gasteiger partial charge on any atom is -0.313 e. The van der Waals surface area contributed by atoms with Gasteiger partial charge in [-0.15, -0.1) is 0 Å². The molecule has 2 rings (SSSR count). The molecule has 0 atom stereocenters. The topological polar surface area (TPSA) is 29.9 Å². The molecule has 0 aliphatic carbocycles. The number of nitrogens with zero attached hydrogens (tertiary/aromatic N) is 2. The number of rotatable bonds is 6. The van der Waals surface area contributed by atoms with Crippen molar-refractivity contribution < 1.29 is 4.39 Å². The van der Waals surface area contributed by atoms with Gasteiger partial charge < -0.3 is 5.32 Å². The molecule has 114 valence electrons. The van der Waals surface area contributed by atoms with E-state index in [9.17, 15) is 4.39 Å². The Hall–Kier alpha value is -1.68. The highest BCUT2D eigenvalue weighted by Crippen LogP contribution is 2.17. The zero-order valence-corrected chi connectivity index (χ0v) is 13.3. The van der Waals surface area contributed by atoms with E-state index in [1.54, 1.807) is 6.07 Å². The van der Waals surface area contributed by atoms with Gasteiger partial charge in [0.2, 0.25) is 0 Å². The van der Waals surface area contributed by atoms with Gasteiger partial charge in [-0.3, -0.25) is 4.68 Å². The van der Waals surface area contributed by atoms with E-state index in [0.29, 0.717) is 6.54 Å². The molecule has 0 bridgehead atoms. The third-order valence-corrected chi connectivity index (χ3v) is 3.89. The molecule has 3 nitrogen and oxygen atoms in total. The molecule has 4 heteroatoms. The van der Waals surface area contributed by atoms with Crippen molar-refractivity contribution in [3.8, 4) is 0 Å². The van der Waals surface area contributed by atoms with E-state index in [1.165, 1.54) is 11.6 Å². The van der Waals surface area contributed by atoms with Crippen LogP contribution in [0, 0.1) is 26.6 Å². The van der Waals surface area contributed by atoms with Crippen molar-refractivity contribution in [2.45, 2.75) is 47.2 Å². The molecule has 0 saturated heterocycles. The molecule has 0 aliphatic rings. The van der Waals surface area contributed by atoms with Crippen LogP contribution < -0.4 is 5.32 Å². The predicted molar refractivity (Wildman–Crippen MR) is 83.9 cm³/mol. The summed E-state index contributed by atoms with van der Waals surface area (Å²) in [5, 5.41) is 8.03.